The number of phosphoric ester groups is 1. The fraction of sp³-hybridized carbons (Fsp3) is 0.727. The zero-order valence-electron chi connectivity index (χ0n) is 22.8. The number of phosphoric acid groups is 1. The van der Waals surface area contributed by atoms with E-state index in [0.29, 0.717) is 4.57 Å². The number of hydrogen-bond donors (Lipinski definition) is 2. The normalized spacial score (nSPS) is 15.7. The summed E-state index contributed by atoms with van der Waals surface area (Å²) in [5.74, 6) is -2.23. The van der Waals surface area contributed by atoms with E-state index in [0.717, 1.165) is 19.4 Å². The number of aliphatic hydroxyl groups is 1. The predicted molar refractivity (Wildman–Crippen MR) is 136 cm³/mol. The van der Waals surface area contributed by atoms with Crippen LogP contribution in [0.25, 0.3) is 0 Å². The van der Waals surface area contributed by atoms with Crippen molar-refractivity contribution in [3.8, 4) is 0 Å². The molecule has 0 aromatic carbocycles. The van der Waals surface area contributed by atoms with Crippen LogP contribution in [0, 0.1) is 10.8 Å². The van der Waals surface area contributed by atoms with Crippen molar-refractivity contribution in [3.05, 3.63) is 22.7 Å². The van der Waals surface area contributed by atoms with E-state index in [2.05, 4.69) is 4.98 Å². The van der Waals surface area contributed by atoms with Crippen molar-refractivity contribution in [2.45, 2.75) is 59.5 Å². The van der Waals surface area contributed by atoms with Crippen LogP contribution in [0.1, 0.15) is 47.8 Å². The minimum Gasteiger partial charge on any atom is -0.437 e. The summed E-state index contributed by atoms with van der Waals surface area (Å²) in [5.41, 5.74) is 0.324. The molecule has 0 unspecified atom stereocenters. The number of halogens is 2. The van der Waals surface area contributed by atoms with Gasteiger partial charge in [-0.2, -0.15) is 4.98 Å². The maximum Gasteiger partial charge on any atom is 0.480 e. The third-order valence-corrected chi connectivity index (χ3v) is 6.78. The fourth-order valence-electron chi connectivity index (χ4n) is 2.48. The van der Waals surface area contributed by atoms with E-state index in [1.165, 1.54) is 0 Å². The highest BCUT2D eigenvalue weighted by molar-refractivity contribution is 7.48. The molecule has 0 aliphatic heterocycles. The second-order valence-electron chi connectivity index (χ2n) is 10.3. The van der Waals surface area contributed by atoms with Gasteiger partial charge in [0.15, 0.2) is 0 Å². The standard InChI is InChI=1S/C22H36ClFN3O11P/c1-20(2,3)17(29)34-12-37-39(32,38-13-35-18(30)21(4,5)6)36-11-22(10-23,33-7)15(28)16(24)27-9-8-14(25)26-19(27)31/h8-9,15-16,28H,10-13H2,1-7H3,(H2,25,26,31)/t15-,16-,22+/m0/s1. The van der Waals surface area contributed by atoms with E-state index >= 15 is 4.39 Å². The molecule has 0 amide bonds. The Bertz CT molecular complexity index is 1050. The first-order chi connectivity index (χ1) is 17.8. The minimum atomic E-state index is -4.74. The molecule has 0 radical (unpaired) electrons. The molecule has 0 bridgehead atoms. The van der Waals surface area contributed by atoms with Crippen molar-refractivity contribution in [1.29, 1.82) is 0 Å². The Labute approximate surface area is 230 Å². The summed E-state index contributed by atoms with van der Waals surface area (Å²) >= 11 is 5.97. The number of methoxy groups -OCH3 is 1. The zero-order valence-corrected chi connectivity index (χ0v) is 24.5. The summed E-state index contributed by atoms with van der Waals surface area (Å²) in [7, 11) is -3.69. The summed E-state index contributed by atoms with van der Waals surface area (Å²) < 4.78 is 59.3. The van der Waals surface area contributed by atoms with Gasteiger partial charge >= 0.3 is 25.5 Å². The number of carbonyl (C=O) groups is 2. The molecule has 17 heteroatoms. The zero-order chi connectivity index (χ0) is 30.2. The lowest BCUT2D eigenvalue weighted by Gasteiger charge is -2.36. The summed E-state index contributed by atoms with van der Waals surface area (Å²) in [6, 6.07) is 1.13. The van der Waals surface area contributed by atoms with E-state index in [4.69, 9.17) is 45.1 Å². The van der Waals surface area contributed by atoms with Crippen molar-refractivity contribution >= 4 is 37.2 Å². The highest BCUT2D eigenvalue weighted by Crippen LogP contribution is 2.50. The maximum atomic E-state index is 15.2. The fourth-order valence-corrected chi connectivity index (χ4v) is 3.78. The summed E-state index contributed by atoms with van der Waals surface area (Å²) in [4.78, 5) is 39.5. The molecule has 3 atom stereocenters. The molecule has 0 spiro atoms. The van der Waals surface area contributed by atoms with Crippen molar-refractivity contribution in [2.24, 2.45) is 10.8 Å². The van der Waals surface area contributed by atoms with E-state index in [9.17, 15) is 24.1 Å². The Kier molecular flexibility index (Phi) is 12.5. The first kappa shape index (κ1) is 34.9. The van der Waals surface area contributed by atoms with E-state index < -0.39 is 80.4 Å². The lowest BCUT2D eigenvalue weighted by Crippen LogP contribution is -2.53. The highest BCUT2D eigenvalue weighted by Gasteiger charge is 2.46. The lowest BCUT2D eigenvalue weighted by atomic mass is 9.98. The molecule has 1 aromatic heterocycles. The minimum absolute atomic E-state index is 0.175. The van der Waals surface area contributed by atoms with Gasteiger partial charge in [0.05, 0.1) is 23.3 Å². The van der Waals surface area contributed by atoms with Gasteiger partial charge in [-0.1, -0.05) is 0 Å². The monoisotopic (exact) mass is 603 g/mol. The SMILES string of the molecule is CO[C@](CCl)(COP(=O)(OCOC(=O)C(C)(C)C)OCOC(=O)C(C)(C)C)[C@@H](O)[C@@H](F)n1ccc(N)nc1=O. The molecule has 0 aliphatic rings. The quantitative estimate of drug-likeness (QED) is 0.137. The number of aromatic nitrogens is 2. The van der Waals surface area contributed by atoms with Gasteiger partial charge in [0.1, 0.15) is 17.5 Å². The predicted octanol–water partition coefficient (Wildman–Crippen LogP) is 2.53. The molecule has 1 heterocycles. The summed E-state index contributed by atoms with van der Waals surface area (Å²) in [6.45, 7) is 6.68. The van der Waals surface area contributed by atoms with Gasteiger partial charge < -0.3 is 25.1 Å². The number of rotatable bonds is 14. The third-order valence-electron chi connectivity index (χ3n) is 5.04. The molecule has 0 fully saturated rings. The van der Waals surface area contributed by atoms with Gasteiger partial charge in [-0.05, 0) is 47.6 Å². The van der Waals surface area contributed by atoms with Crippen LogP contribution in [0.4, 0.5) is 10.2 Å². The summed E-state index contributed by atoms with van der Waals surface area (Å²) in [6.07, 6.45) is -3.69. The number of nitrogens with zero attached hydrogens (tertiary/aromatic N) is 2. The van der Waals surface area contributed by atoms with Crippen LogP contribution in [0.2, 0.25) is 0 Å². The average molecular weight is 604 g/mol. The number of hydrogen-bond acceptors (Lipinski definition) is 13. The number of aliphatic hydroxyl groups excluding tert-OH is 1. The molecule has 1 aromatic rings. The number of esters is 2. The van der Waals surface area contributed by atoms with Crippen molar-refractivity contribution < 1.29 is 51.4 Å². The second-order valence-corrected chi connectivity index (χ2v) is 12.3. The third kappa shape index (κ3) is 10.1. The molecule has 3 N–H and O–H groups in total. The first-order valence-electron chi connectivity index (χ1n) is 11.5. The molecular formula is C22H36ClFN3O11P. The van der Waals surface area contributed by atoms with Gasteiger partial charge in [0.25, 0.3) is 0 Å². The molecule has 0 saturated heterocycles. The largest absolute Gasteiger partial charge is 0.480 e. The van der Waals surface area contributed by atoms with Crippen LogP contribution >= 0.6 is 19.4 Å². The Morgan fingerprint density at radius 2 is 1.59 bits per heavy atom. The van der Waals surface area contributed by atoms with Crippen molar-refractivity contribution in [3.63, 3.8) is 0 Å². The Morgan fingerprint density at radius 3 is 1.97 bits per heavy atom. The smallest absolute Gasteiger partial charge is 0.437 e. The van der Waals surface area contributed by atoms with Gasteiger partial charge in [0.2, 0.25) is 19.9 Å². The molecule has 1 rings (SSSR count). The van der Waals surface area contributed by atoms with Crippen molar-refractivity contribution in [1.82, 2.24) is 9.55 Å². The molecule has 39 heavy (non-hydrogen) atoms. The number of ether oxygens (including phenoxy) is 3. The van der Waals surface area contributed by atoms with Crippen molar-refractivity contribution in [2.75, 3.05) is 38.9 Å². The number of anilines is 1. The second kappa shape index (κ2) is 14.0. The number of nitrogen functional groups attached to an aromatic ring is 1. The van der Waals surface area contributed by atoms with E-state index in [-0.39, 0.29) is 5.82 Å². The van der Waals surface area contributed by atoms with Gasteiger partial charge in [-0.25, -0.2) is 22.8 Å². The van der Waals surface area contributed by atoms with E-state index in [1.54, 1.807) is 41.5 Å². The first-order valence-corrected chi connectivity index (χ1v) is 13.5. The Hall–Kier alpha value is -2.13. The topological polar surface area (TPSA) is 188 Å². The molecule has 0 saturated carbocycles. The lowest BCUT2D eigenvalue weighted by molar-refractivity contribution is -0.167. The Morgan fingerprint density at radius 1 is 1.10 bits per heavy atom. The molecule has 0 aliphatic carbocycles. The van der Waals surface area contributed by atoms with Crippen LogP contribution < -0.4 is 11.4 Å². The van der Waals surface area contributed by atoms with Gasteiger partial charge in [0, 0.05) is 13.3 Å². The van der Waals surface area contributed by atoms with Gasteiger partial charge in [-0.3, -0.25) is 18.7 Å². The summed E-state index contributed by atoms with van der Waals surface area (Å²) in [5, 5.41) is 10.8. The molecule has 224 valence electrons. The maximum absolute atomic E-state index is 15.2. The van der Waals surface area contributed by atoms with Crippen LogP contribution in [0.3, 0.4) is 0 Å². The van der Waals surface area contributed by atoms with Crippen LogP contribution in [-0.4, -0.2) is 71.5 Å². The van der Waals surface area contributed by atoms with Crippen LogP contribution in [0.15, 0.2) is 17.1 Å². The van der Waals surface area contributed by atoms with Crippen LogP contribution in [-0.2, 0) is 41.9 Å². The number of alkyl halides is 2. The molecular weight excluding hydrogens is 568 g/mol. The van der Waals surface area contributed by atoms with E-state index in [1.807, 2.05) is 0 Å². The van der Waals surface area contributed by atoms with Gasteiger partial charge in [-0.15, -0.1) is 11.6 Å². The number of nitrogens with two attached hydrogens (primary N) is 1. The van der Waals surface area contributed by atoms with Crippen LogP contribution in [0.5, 0.6) is 0 Å². The Balaban J connectivity index is 3.14. The average Bonchev–Trinajstić information content (AvgIpc) is 2.83. The number of carbonyl (C=O) groups excluding carboxylic acids is 2. The highest BCUT2D eigenvalue weighted by atomic mass is 35.5. The molecule has 14 nitrogen and oxygen atoms in total.